The third-order valence-electron chi connectivity index (χ3n) is 3.06. The van der Waals surface area contributed by atoms with Crippen LogP contribution in [0.15, 0.2) is 0 Å². The Bertz CT molecular complexity index is 353. The average molecular weight is 316 g/mol. The lowest BCUT2D eigenvalue weighted by Gasteiger charge is -2.21. The van der Waals surface area contributed by atoms with E-state index in [1.165, 1.54) is 20.8 Å². The van der Waals surface area contributed by atoms with E-state index in [1.54, 1.807) is 0 Å². The Morgan fingerprint density at radius 1 is 0.773 bits per heavy atom. The van der Waals surface area contributed by atoms with Gasteiger partial charge in [0.15, 0.2) is 0 Å². The molecule has 0 aromatic rings. The van der Waals surface area contributed by atoms with Crippen molar-refractivity contribution < 1.29 is 28.6 Å². The number of esters is 3. The van der Waals surface area contributed by atoms with Gasteiger partial charge in [-0.1, -0.05) is 13.3 Å². The molecule has 0 radical (unpaired) electrons. The number of carbonyl (C=O) groups is 3. The van der Waals surface area contributed by atoms with E-state index in [4.69, 9.17) is 14.2 Å². The lowest BCUT2D eigenvalue weighted by atomic mass is 10.0. The summed E-state index contributed by atoms with van der Waals surface area (Å²) in [7, 11) is 0. The monoisotopic (exact) mass is 316 g/mol. The van der Waals surface area contributed by atoms with E-state index in [2.05, 4.69) is 0 Å². The first-order valence-electron chi connectivity index (χ1n) is 7.82. The second kappa shape index (κ2) is 12.0. The van der Waals surface area contributed by atoms with E-state index in [0.29, 0.717) is 32.3 Å². The first-order chi connectivity index (χ1) is 10.3. The van der Waals surface area contributed by atoms with E-state index in [1.807, 2.05) is 6.92 Å². The van der Waals surface area contributed by atoms with Crippen LogP contribution >= 0.6 is 0 Å². The highest BCUT2D eigenvalue weighted by molar-refractivity contribution is 5.66. The van der Waals surface area contributed by atoms with Gasteiger partial charge >= 0.3 is 17.9 Å². The van der Waals surface area contributed by atoms with Crippen molar-refractivity contribution in [3.05, 3.63) is 0 Å². The van der Waals surface area contributed by atoms with Crippen molar-refractivity contribution in [3.63, 3.8) is 0 Å². The number of hydrogen-bond donors (Lipinski definition) is 0. The molecule has 128 valence electrons. The fourth-order valence-corrected chi connectivity index (χ4v) is 2.21. The van der Waals surface area contributed by atoms with Gasteiger partial charge < -0.3 is 14.2 Å². The summed E-state index contributed by atoms with van der Waals surface area (Å²) in [5.41, 5.74) is 0. The van der Waals surface area contributed by atoms with E-state index in [0.717, 1.165) is 12.8 Å². The molecule has 0 saturated heterocycles. The predicted octanol–water partition coefficient (Wildman–Crippen LogP) is 2.77. The summed E-state index contributed by atoms with van der Waals surface area (Å²) in [4.78, 5) is 32.9. The maximum atomic E-state index is 11.2. The van der Waals surface area contributed by atoms with Crippen LogP contribution in [-0.4, -0.2) is 36.7 Å². The molecule has 6 heteroatoms. The highest BCUT2D eigenvalue weighted by atomic mass is 16.5. The van der Waals surface area contributed by atoms with Gasteiger partial charge in [0, 0.05) is 20.8 Å². The van der Waals surface area contributed by atoms with Crippen molar-refractivity contribution in [1.29, 1.82) is 0 Å². The van der Waals surface area contributed by atoms with Crippen molar-refractivity contribution in [3.8, 4) is 0 Å². The number of hydrogen-bond acceptors (Lipinski definition) is 6. The molecule has 0 heterocycles. The molecule has 2 atom stereocenters. The van der Waals surface area contributed by atoms with Gasteiger partial charge in [-0.25, -0.2) is 0 Å². The normalized spacial score (nSPS) is 13.1. The summed E-state index contributed by atoms with van der Waals surface area (Å²) < 4.78 is 15.4. The first-order valence-corrected chi connectivity index (χ1v) is 7.82. The molecule has 0 aliphatic heterocycles. The van der Waals surface area contributed by atoms with Crippen LogP contribution in [0.1, 0.15) is 66.2 Å². The molecular weight excluding hydrogens is 288 g/mol. The Hall–Kier alpha value is -1.59. The molecule has 0 aromatic carbocycles. The third-order valence-corrected chi connectivity index (χ3v) is 3.06. The second-order valence-electron chi connectivity index (χ2n) is 5.31. The fourth-order valence-electron chi connectivity index (χ4n) is 2.21. The molecule has 0 spiro atoms. The van der Waals surface area contributed by atoms with E-state index < -0.39 is 0 Å². The Morgan fingerprint density at radius 2 is 1.27 bits per heavy atom. The third kappa shape index (κ3) is 12.2. The Labute approximate surface area is 132 Å². The van der Waals surface area contributed by atoms with Crippen molar-refractivity contribution in [2.24, 2.45) is 0 Å². The molecule has 0 N–H and O–H groups in total. The average Bonchev–Trinajstić information content (AvgIpc) is 2.39. The quantitative estimate of drug-likeness (QED) is 0.331. The van der Waals surface area contributed by atoms with Gasteiger partial charge in [-0.05, 0) is 32.1 Å². The molecule has 0 amide bonds. The lowest BCUT2D eigenvalue weighted by molar-refractivity contribution is -0.151. The Balaban J connectivity index is 4.27. The van der Waals surface area contributed by atoms with Crippen LogP contribution < -0.4 is 0 Å². The highest BCUT2D eigenvalue weighted by Gasteiger charge is 2.17. The second-order valence-corrected chi connectivity index (χ2v) is 5.31. The van der Waals surface area contributed by atoms with Crippen molar-refractivity contribution in [2.75, 3.05) is 6.61 Å². The molecule has 2 unspecified atom stereocenters. The molecule has 0 bridgehead atoms. The van der Waals surface area contributed by atoms with Crippen LogP contribution in [0.25, 0.3) is 0 Å². The predicted molar refractivity (Wildman–Crippen MR) is 81.1 cm³/mol. The maximum Gasteiger partial charge on any atom is 0.302 e. The van der Waals surface area contributed by atoms with Gasteiger partial charge in [0.25, 0.3) is 0 Å². The molecule has 0 rings (SSSR count). The molecule has 0 saturated carbocycles. The summed E-state index contributed by atoms with van der Waals surface area (Å²) in [5.74, 6) is -0.948. The van der Waals surface area contributed by atoms with Crippen LogP contribution in [0.5, 0.6) is 0 Å². The van der Waals surface area contributed by atoms with Gasteiger partial charge in [-0.15, -0.1) is 0 Å². The lowest BCUT2D eigenvalue weighted by Crippen LogP contribution is -2.22. The molecule has 22 heavy (non-hydrogen) atoms. The highest BCUT2D eigenvalue weighted by Crippen LogP contribution is 2.16. The molecule has 0 aromatic heterocycles. The van der Waals surface area contributed by atoms with Crippen LogP contribution in [0.4, 0.5) is 0 Å². The van der Waals surface area contributed by atoms with Crippen molar-refractivity contribution in [1.82, 2.24) is 0 Å². The molecule has 0 aliphatic carbocycles. The van der Waals surface area contributed by atoms with Crippen molar-refractivity contribution in [2.45, 2.75) is 78.4 Å². The Morgan fingerprint density at radius 3 is 1.68 bits per heavy atom. The van der Waals surface area contributed by atoms with E-state index in [-0.39, 0.29) is 30.1 Å². The fraction of sp³-hybridized carbons (Fsp3) is 0.812. The first kappa shape index (κ1) is 20.4. The zero-order chi connectivity index (χ0) is 17.0. The zero-order valence-electron chi connectivity index (χ0n) is 14.1. The largest absolute Gasteiger partial charge is 0.466 e. The van der Waals surface area contributed by atoms with Crippen LogP contribution in [0, 0.1) is 0 Å². The SMILES string of the molecule is CCCC(CCC(CCCOC(C)=O)OC(C)=O)OC(C)=O. The topological polar surface area (TPSA) is 78.9 Å². The minimum absolute atomic E-state index is 0.144. The van der Waals surface area contributed by atoms with Gasteiger partial charge in [0.2, 0.25) is 0 Å². The zero-order valence-corrected chi connectivity index (χ0v) is 14.1. The minimum atomic E-state index is -0.336. The smallest absolute Gasteiger partial charge is 0.302 e. The minimum Gasteiger partial charge on any atom is -0.466 e. The number of carbonyl (C=O) groups excluding carboxylic acids is 3. The molecule has 0 aliphatic rings. The summed E-state index contributed by atoms with van der Waals surface area (Å²) in [6, 6.07) is 0. The van der Waals surface area contributed by atoms with Crippen LogP contribution in [0.2, 0.25) is 0 Å². The van der Waals surface area contributed by atoms with Gasteiger partial charge in [0.1, 0.15) is 12.2 Å². The molecule has 0 fully saturated rings. The number of ether oxygens (including phenoxy) is 3. The summed E-state index contributed by atoms with van der Waals surface area (Å²) in [5, 5.41) is 0. The van der Waals surface area contributed by atoms with Crippen molar-refractivity contribution >= 4 is 17.9 Å². The van der Waals surface area contributed by atoms with Gasteiger partial charge in [0.05, 0.1) is 6.61 Å². The van der Waals surface area contributed by atoms with Crippen LogP contribution in [0.3, 0.4) is 0 Å². The van der Waals surface area contributed by atoms with Gasteiger partial charge in [-0.3, -0.25) is 14.4 Å². The van der Waals surface area contributed by atoms with Gasteiger partial charge in [-0.2, -0.15) is 0 Å². The summed E-state index contributed by atoms with van der Waals surface area (Å²) in [6.45, 7) is 6.46. The summed E-state index contributed by atoms with van der Waals surface area (Å²) in [6.07, 6.45) is 3.84. The Kier molecular flexibility index (Phi) is 11.1. The number of rotatable bonds is 11. The summed E-state index contributed by atoms with van der Waals surface area (Å²) >= 11 is 0. The van der Waals surface area contributed by atoms with E-state index >= 15 is 0 Å². The van der Waals surface area contributed by atoms with E-state index in [9.17, 15) is 14.4 Å². The standard InChI is InChI=1S/C16H28O6/c1-5-7-15(21-13(3)18)9-10-16(22-14(4)19)8-6-11-20-12(2)17/h15-16H,5-11H2,1-4H3. The molecular formula is C16H28O6. The van der Waals surface area contributed by atoms with Crippen LogP contribution in [-0.2, 0) is 28.6 Å². The molecule has 6 nitrogen and oxygen atoms in total. The maximum absolute atomic E-state index is 11.2.